The Hall–Kier alpha value is -2.74. The van der Waals surface area contributed by atoms with E-state index in [1.807, 2.05) is 30.3 Å². The van der Waals surface area contributed by atoms with Crippen LogP contribution in [-0.2, 0) is 17.9 Å². The summed E-state index contributed by atoms with van der Waals surface area (Å²) in [5.41, 5.74) is 1.67. The van der Waals surface area contributed by atoms with E-state index in [0.717, 1.165) is 18.4 Å². The third-order valence-corrected chi connectivity index (χ3v) is 4.91. The van der Waals surface area contributed by atoms with Gasteiger partial charge in [0.1, 0.15) is 12.2 Å². The van der Waals surface area contributed by atoms with E-state index in [1.165, 1.54) is 4.68 Å². The van der Waals surface area contributed by atoms with Gasteiger partial charge in [-0.05, 0) is 18.4 Å². The number of hydrogen-bond acceptors (Lipinski definition) is 3. The number of rotatable bonds is 7. The van der Waals surface area contributed by atoms with Crippen LogP contribution in [0.1, 0.15) is 42.1 Å². The van der Waals surface area contributed by atoms with Gasteiger partial charge < -0.3 is 5.32 Å². The van der Waals surface area contributed by atoms with Gasteiger partial charge in [0.2, 0.25) is 5.91 Å². The standard InChI is InChI=1S/C19H18ClF2N5O/c20-16-17(19(21)22)25-27(18(16)13-6-7-13)11-15(28)24-14-8-23-26(10-14)9-12-4-2-1-3-5-12/h1-5,8,10,13,19H,6-7,9,11H2,(H,24,28). The van der Waals surface area contributed by atoms with Crippen molar-refractivity contribution in [2.75, 3.05) is 5.32 Å². The van der Waals surface area contributed by atoms with Gasteiger partial charge in [-0.3, -0.25) is 14.2 Å². The lowest BCUT2D eigenvalue weighted by molar-refractivity contribution is -0.117. The molecule has 3 aromatic rings. The number of alkyl halides is 2. The van der Waals surface area contributed by atoms with E-state index in [9.17, 15) is 13.6 Å². The average molecular weight is 406 g/mol. The highest BCUT2D eigenvalue weighted by Gasteiger charge is 2.34. The third-order valence-electron chi connectivity index (χ3n) is 4.52. The van der Waals surface area contributed by atoms with E-state index in [2.05, 4.69) is 15.5 Å². The molecule has 0 saturated heterocycles. The SMILES string of the molecule is O=C(Cn1nc(C(F)F)c(Cl)c1C1CC1)Nc1cnn(Cc2ccccc2)c1. The van der Waals surface area contributed by atoms with Crippen molar-refractivity contribution in [1.29, 1.82) is 0 Å². The van der Waals surface area contributed by atoms with Gasteiger partial charge in [0.25, 0.3) is 6.43 Å². The van der Waals surface area contributed by atoms with E-state index in [0.29, 0.717) is 17.9 Å². The summed E-state index contributed by atoms with van der Waals surface area (Å²) >= 11 is 6.08. The van der Waals surface area contributed by atoms with Gasteiger partial charge in [-0.15, -0.1) is 0 Å². The molecular formula is C19H18ClF2N5O. The van der Waals surface area contributed by atoms with Crippen LogP contribution in [0.5, 0.6) is 0 Å². The normalized spacial score (nSPS) is 13.9. The molecule has 1 saturated carbocycles. The lowest BCUT2D eigenvalue weighted by Crippen LogP contribution is -2.20. The number of carbonyl (C=O) groups is 1. The zero-order valence-corrected chi connectivity index (χ0v) is 15.6. The fraction of sp³-hybridized carbons (Fsp3) is 0.316. The van der Waals surface area contributed by atoms with Crippen molar-refractivity contribution >= 4 is 23.2 Å². The Morgan fingerprint density at radius 3 is 2.71 bits per heavy atom. The van der Waals surface area contributed by atoms with Crippen molar-refractivity contribution in [2.45, 2.75) is 38.3 Å². The summed E-state index contributed by atoms with van der Waals surface area (Å²) in [7, 11) is 0. The minimum Gasteiger partial charge on any atom is -0.322 e. The van der Waals surface area contributed by atoms with E-state index in [4.69, 9.17) is 11.6 Å². The molecule has 2 heterocycles. The highest BCUT2D eigenvalue weighted by Crippen LogP contribution is 2.45. The molecule has 0 aliphatic heterocycles. The predicted octanol–water partition coefficient (Wildman–Crippen LogP) is 4.24. The first kappa shape index (κ1) is 18.6. The van der Waals surface area contributed by atoms with Crippen LogP contribution >= 0.6 is 11.6 Å². The quantitative estimate of drug-likeness (QED) is 0.639. The number of carbonyl (C=O) groups excluding carboxylic acids is 1. The average Bonchev–Trinajstić information content (AvgIpc) is 3.31. The van der Waals surface area contributed by atoms with Crippen LogP contribution in [0.15, 0.2) is 42.7 Å². The third kappa shape index (κ3) is 4.06. The Morgan fingerprint density at radius 1 is 1.29 bits per heavy atom. The van der Waals surface area contributed by atoms with E-state index >= 15 is 0 Å². The van der Waals surface area contributed by atoms with Gasteiger partial charge in [0.05, 0.1) is 29.1 Å². The molecule has 6 nitrogen and oxygen atoms in total. The van der Waals surface area contributed by atoms with Crippen LogP contribution in [0.4, 0.5) is 14.5 Å². The maximum atomic E-state index is 13.1. The number of aromatic nitrogens is 4. The molecule has 2 aromatic heterocycles. The van der Waals surface area contributed by atoms with Crippen LogP contribution < -0.4 is 5.32 Å². The maximum Gasteiger partial charge on any atom is 0.283 e. The zero-order chi connectivity index (χ0) is 19.7. The second-order valence-electron chi connectivity index (χ2n) is 6.78. The van der Waals surface area contributed by atoms with Crippen molar-refractivity contribution < 1.29 is 13.6 Å². The largest absolute Gasteiger partial charge is 0.322 e. The van der Waals surface area contributed by atoms with Crippen LogP contribution in [0, 0.1) is 0 Å². The lowest BCUT2D eigenvalue weighted by Gasteiger charge is -2.07. The predicted molar refractivity (Wildman–Crippen MR) is 101 cm³/mol. The number of nitrogens with one attached hydrogen (secondary N) is 1. The number of benzene rings is 1. The number of anilines is 1. The summed E-state index contributed by atoms with van der Waals surface area (Å²) in [4.78, 5) is 12.4. The second-order valence-corrected chi connectivity index (χ2v) is 7.16. The highest BCUT2D eigenvalue weighted by atomic mass is 35.5. The molecule has 0 bridgehead atoms. The van der Waals surface area contributed by atoms with Crippen LogP contribution in [0.25, 0.3) is 0 Å². The molecule has 1 aliphatic rings. The molecule has 4 rings (SSSR count). The summed E-state index contributed by atoms with van der Waals surface area (Å²) in [6, 6.07) is 9.81. The highest BCUT2D eigenvalue weighted by molar-refractivity contribution is 6.32. The Labute approximate surface area is 165 Å². The van der Waals surface area contributed by atoms with Gasteiger partial charge in [-0.2, -0.15) is 10.2 Å². The number of nitrogens with zero attached hydrogens (tertiary/aromatic N) is 4. The second kappa shape index (κ2) is 7.71. The summed E-state index contributed by atoms with van der Waals surface area (Å²) in [6.07, 6.45) is 2.21. The number of hydrogen-bond donors (Lipinski definition) is 1. The summed E-state index contributed by atoms with van der Waals surface area (Å²) < 4.78 is 29.2. The fourth-order valence-corrected chi connectivity index (χ4v) is 3.47. The molecule has 146 valence electrons. The first-order valence-corrected chi connectivity index (χ1v) is 9.29. The summed E-state index contributed by atoms with van der Waals surface area (Å²) in [5, 5.41) is 10.8. The first-order chi connectivity index (χ1) is 13.5. The fourth-order valence-electron chi connectivity index (χ4n) is 3.10. The minimum atomic E-state index is -2.77. The molecule has 0 unspecified atom stereocenters. The Morgan fingerprint density at radius 2 is 2.04 bits per heavy atom. The molecule has 9 heteroatoms. The van der Waals surface area contributed by atoms with Crippen molar-refractivity contribution in [3.8, 4) is 0 Å². The Bertz CT molecular complexity index is 982. The van der Waals surface area contributed by atoms with E-state index < -0.39 is 12.1 Å². The van der Waals surface area contributed by atoms with E-state index in [-0.39, 0.29) is 23.4 Å². The Balaban J connectivity index is 1.43. The van der Waals surface area contributed by atoms with Crippen LogP contribution in [-0.4, -0.2) is 25.5 Å². The first-order valence-electron chi connectivity index (χ1n) is 8.91. The van der Waals surface area contributed by atoms with Gasteiger partial charge in [-0.25, -0.2) is 8.78 Å². The van der Waals surface area contributed by atoms with Crippen molar-refractivity contribution in [2.24, 2.45) is 0 Å². The number of amides is 1. The topological polar surface area (TPSA) is 64.7 Å². The monoisotopic (exact) mass is 405 g/mol. The summed E-state index contributed by atoms with van der Waals surface area (Å²) in [5.74, 6) is -0.282. The van der Waals surface area contributed by atoms with Gasteiger partial charge in [0, 0.05) is 12.1 Å². The van der Waals surface area contributed by atoms with Crippen LogP contribution in [0.2, 0.25) is 5.02 Å². The zero-order valence-electron chi connectivity index (χ0n) is 14.9. The maximum absolute atomic E-state index is 13.1. The van der Waals surface area contributed by atoms with Crippen molar-refractivity contribution in [1.82, 2.24) is 19.6 Å². The molecule has 0 radical (unpaired) electrons. The van der Waals surface area contributed by atoms with Crippen LogP contribution in [0.3, 0.4) is 0 Å². The van der Waals surface area contributed by atoms with E-state index in [1.54, 1.807) is 17.1 Å². The Kier molecular flexibility index (Phi) is 5.13. The number of halogens is 3. The summed E-state index contributed by atoms with van der Waals surface area (Å²) in [6.45, 7) is 0.400. The van der Waals surface area contributed by atoms with Gasteiger partial charge in [-0.1, -0.05) is 41.9 Å². The van der Waals surface area contributed by atoms with Gasteiger partial charge >= 0.3 is 0 Å². The molecule has 1 fully saturated rings. The lowest BCUT2D eigenvalue weighted by atomic mass is 10.2. The molecule has 0 atom stereocenters. The van der Waals surface area contributed by atoms with Crippen molar-refractivity contribution in [3.63, 3.8) is 0 Å². The molecule has 28 heavy (non-hydrogen) atoms. The van der Waals surface area contributed by atoms with Gasteiger partial charge in [0.15, 0.2) is 0 Å². The molecule has 1 N–H and O–H groups in total. The molecule has 1 aromatic carbocycles. The minimum absolute atomic E-state index is 0.0269. The van der Waals surface area contributed by atoms with Crippen molar-refractivity contribution in [3.05, 3.63) is 64.7 Å². The smallest absolute Gasteiger partial charge is 0.283 e. The molecule has 0 spiro atoms. The molecule has 1 amide bonds. The molecule has 1 aliphatic carbocycles. The molecular weight excluding hydrogens is 388 g/mol.